The molecule has 7 nitrogen and oxygen atoms in total. The van der Waals surface area contributed by atoms with E-state index in [0.717, 1.165) is 17.0 Å². The number of alkyl halides is 3. The lowest BCUT2D eigenvalue weighted by Crippen LogP contribution is -2.36. The van der Waals surface area contributed by atoms with Crippen LogP contribution in [0.3, 0.4) is 0 Å². The highest BCUT2D eigenvalue weighted by Gasteiger charge is 2.45. The molecule has 0 saturated carbocycles. The molecule has 10 heteroatoms. The highest BCUT2D eigenvalue weighted by atomic mass is 19.4. The van der Waals surface area contributed by atoms with E-state index in [1.54, 1.807) is 20.8 Å². The van der Waals surface area contributed by atoms with Crippen LogP contribution < -0.4 is 0 Å². The molecule has 1 N–H and O–H groups in total. The maximum Gasteiger partial charge on any atom is 0.417 e. The van der Waals surface area contributed by atoms with E-state index in [2.05, 4.69) is 0 Å². The number of amides is 1. The third-order valence-corrected chi connectivity index (χ3v) is 4.64. The number of carbonyl (C=O) groups excluding carboxylic acids is 2. The number of ether oxygens (including phenoxy) is 2. The highest BCUT2D eigenvalue weighted by Crippen LogP contribution is 2.40. The van der Waals surface area contributed by atoms with Crippen molar-refractivity contribution in [2.45, 2.75) is 58.4 Å². The van der Waals surface area contributed by atoms with Gasteiger partial charge in [-0.05, 0) is 46.2 Å². The number of nitrogens with zero attached hydrogens (tertiary/aromatic N) is 1. The predicted octanol–water partition coefficient (Wildman–Crippen LogP) is 4.31. The summed E-state index contributed by atoms with van der Waals surface area (Å²) in [5.41, 5.74) is -2.91. The summed E-state index contributed by atoms with van der Waals surface area (Å²) in [6.45, 7) is 7.43. The molecule has 1 amide bonds. The maximum atomic E-state index is 13.7. The number of halogens is 3. The van der Waals surface area contributed by atoms with Crippen LogP contribution in [0.5, 0.6) is 0 Å². The Hall–Kier alpha value is -2.78. The van der Waals surface area contributed by atoms with E-state index in [4.69, 9.17) is 9.47 Å². The van der Waals surface area contributed by atoms with Crippen molar-refractivity contribution >= 4 is 18.0 Å². The molecule has 0 aromatic heterocycles. The average molecular weight is 445 g/mol. The van der Waals surface area contributed by atoms with E-state index < -0.39 is 58.9 Å². The van der Waals surface area contributed by atoms with Crippen LogP contribution in [0.15, 0.2) is 18.2 Å². The number of carboxylic acid groups (broad SMARTS) is 1. The Morgan fingerprint density at radius 3 is 2.23 bits per heavy atom. The molecule has 1 aromatic carbocycles. The Labute approximate surface area is 178 Å². The van der Waals surface area contributed by atoms with Crippen molar-refractivity contribution < 1.29 is 42.1 Å². The van der Waals surface area contributed by atoms with E-state index in [-0.39, 0.29) is 18.7 Å². The van der Waals surface area contributed by atoms with Crippen molar-refractivity contribution in [1.82, 2.24) is 4.90 Å². The molecule has 0 bridgehead atoms. The molecule has 31 heavy (non-hydrogen) atoms. The number of aliphatic carboxylic acids is 1. The fraction of sp³-hybridized carbons (Fsp3) is 0.571. The number of carboxylic acids is 1. The largest absolute Gasteiger partial charge is 0.481 e. The van der Waals surface area contributed by atoms with Gasteiger partial charge < -0.3 is 19.5 Å². The quantitative estimate of drug-likeness (QED) is 0.695. The summed E-state index contributed by atoms with van der Waals surface area (Å²) >= 11 is 0. The number of rotatable bonds is 4. The van der Waals surface area contributed by atoms with Crippen molar-refractivity contribution in [2.24, 2.45) is 5.92 Å². The van der Waals surface area contributed by atoms with Crippen LogP contribution in [0.2, 0.25) is 0 Å². The SMILES string of the molecule is CC(C)OC(=O)c1c([C@H]2CN(C(=O)OC(C)(C)C)C[C@H]2C(=O)O)cccc1C(F)(F)F. The Morgan fingerprint density at radius 2 is 1.74 bits per heavy atom. The average Bonchev–Trinajstić information content (AvgIpc) is 3.04. The minimum atomic E-state index is -4.86. The zero-order valence-electron chi connectivity index (χ0n) is 17.9. The van der Waals surface area contributed by atoms with Crippen LogP contribution in [0.4, 0.5) is 18.0 Å². The monoisotopic (exact) mass is 445 g/mol. The van der Waals surface area contributed by atoms with Crippen LogP contribution in [0.1, 0.15) is 62.0 Å². The highest BCUT2D eigenvalue weighted by molar-refractivity contribution is 5.94. The zero-order chi connectivity index (χ0) is 23.7. The second kappa shape index (κ2) is 8.76. The molecule has 2 rings (SSSR count). The van der Waals surface area contributed by atoms with Gasteiger partial charge in [-0.25, -0.2) is 9.59 Å². The molecule has 1 aliphatic heterocycles. The van der Waals surface area contributed by atoms with Gasteiger partial charge in [0.2, 0.25) is 0 Å². The summed E-state index contributed by atoms with van der Waals surface area (Å²) < 4.78 is 51.2. The number of hydrogen-bond donors (Lipinski definition) is 1. The molecule has 1 aromatic rings. The second-order valence-electron chi connectivity index (χ2n) is 8.66. The predicted molar refractivity (Wildman–Crippen MR) is 104 cm³/mol. The van der Waals surface area contributed by atoms with Gasteiger partial charge in [-0.3, -0.25) is 4.79 Å². The molecule has 172 valence electrons. The topological polar surface area (TPSA) is 93.1 Å². The summed E-state index contributed by atoms with van der Waals surface area (Å²) in [6, 6.07) is 3.13. The van der Waals surface area contributed by atoms with Crippen molar-refractivity contribution in [1.29, 1.82) is 0 Å². The molecule has 0 spiro atoms. The third-order valence-electron chi connectivity index (χ3n) is 4.64. The molecule has 1 fully saturated rings. The second-order valence-corrected chi connectivity index (χ2v) is 8.66. The Morgan fingerprint density at radius 1 is 1.13 bits per heavy atom. The number of esters is 1. The lowest BCUT2D eigenvalue weighted by Gasteiger charge is -2.25. The van der Waals surface area contributed by atoms with Crippen LogP contribution in [0.25, 0.3) is 0 Å². The van der Waals surface area contributed by atoms with E-state index in [1.165, 1.54) is 19.9 Å². The fourth-order valence-electron chi connectivity index (χ4n) is 3.46. The fourth-order valence-corrected chi connectivity index (χ4v) is 3.46. The number of likely N-dealkylation sites (tertiary alicyclic amines) is 1. The zero-order valence-corrected chi connectivity index (χ0v) is 17.9. The Balaban J connectivity index is 2.55. The number of benzene rings is 1. The molecule has 1 aliphatic rings. The summed E-state index contributed by atoms with van der Waals surface area (Å²) in [4.78, 5) is 38.0. The van der Waals surface area contributed by atoms with E-state index in [1.807, 2.05) is 0 Å². The van der Waals surface area contributed by atoms with Crippen LogP contribution >= 0.6 is 0 Å². The van der Waals surface area contributed by atoms with Gasteiger partial charge in [0.05, 0.1) is 23.1 Å². The Bertz CT molecular complexity index is 860. The molecule has 2 atom stereocenters. The maximum absolute atomic E-state index is 13.7. The summed E-state index contributed by atoms with van der Waals surface area (Å²) in [6.07, 6.45) is -6.32. The Kier molecular flexibility index (Phi) is 6.92. The minimum Gasteiger partial charge on any atom is -0.481 e. The molecular formula is C21H26F3NO6. The van der Waals surface area contributed by atoms with Gasteiger partial charge in [0.1, 0.15) is 5.60 Å². The molecule has 0 aliphatic carbocycles. The lowest BCUT2D eigenvalue weighted by atomic mass is 9.84. The van der Waals surface area contributed by atoms with E-state index in [9.17, 15) is 32.7 Å². The van der Waals surface area contributed by atoms with Gasteiger partial charge in [0.15, 0.2) is 0 Å². The standard InChI is InChI=1S/C21H26F3NO6/c1-11(2)30-18(28)16-12(7-6-8-15(16)21(22,23)24)13-9-25(10-14(13)17(26)27)19(29)31-20(3,4)5/h6-8,11,13-14H,9-10H2,1-5H3,(H,26,27)/t13-,14-/m1/s1. The normalized spacial score (nSPS) is 19.5. The number of carbonyl (C=O) groups is 3. The first-order valence-corrected chi connectivity index (χ1v) is 9.73. The van der Waals surface area contributed by atoms with Crippen LogP contribution in [-0.4, -0.2) is 52.8 Å². The molecule has 0 radical (unpaired) electrons. The summed E-state index contributed by atoms with van der Waals surface area (Å²) in [5, 5.41) is 9.66. The number of hydrogen-bond acceptors (Lipinski definition) is 5. The van der Waals surface area contributed by atoms with Gasteiger partial charge >= 0.3 is 24.2 Å². The third kappa shape index (κ3) is 5.89. The van der Waals surface area contributed by atoms with Gasteiger partial charge in [0, 0.05) is 19.0 Å². The minimum absolute atomic E-state index is 0.126. The molecule has 0 unspecified atom stereocenters. The van der Waals surface area contributed by atoms with Gasteiger partial charge in [-0.1, -0.05) is 12.1 Å². The first kappa shape index (κ1) is 24.5. The van der Waals surface area contributed by atoms with E-state index in [0.29, 0.717) is 0 Å². The van der Waals surface area contributed by atoms with Crippen molar-refractivity contribution in [3.05, 3.63) is 34.9 Å². The van der Waals surface area contributed by atoms with Gasteiger partial charge in [-0.15, -0.1) is 0 Å². The van der Waals surface area contributed by atoms with Crippen molar-refractivity contribution in [3.63, 3.8) is 0 Å². The summed E-state index contributed by atoms with van der Waals surface area (Å²) in [5.74, 6) is -4.77. The molecule has 1 heterocycles. The first-order chi connectivity index (χ1) is 14.1. The molecular weight excluding hydrogens is 419 g/mol. The summed E-state index contributed by atoms with van der Waals surface area (Å²) in [7, 11) is 0. The van der Waals surface area contributed by atoms with Crippen molar-refractivity contribution in [2.75, 3.05) is 13.1 Å². The van der Waals surface area contributed by atoms with Crippen LogP contribution in [0, 0.1) is 5.92 Å². The van der Waals surface area contributed by atoms with Crippen molar-refractivity contribution in [3.8, 4) is 0 Å². The lowest BCUT2D eigenvalue weighted by molar-refractivity contribution is -0.141. The van der Waals surface area contributed by atoms with Gasteiger partial charge in [0.25, 0.3) is 0 Å². The molecule has 1 saturated heterocycles. The smallest absolute Gasteiger partial charge is 0.417 e. The van der Waals surface area contributed by atoms with E-state index >= 15 is 0 Å². The van der Waals surface area contributed by atoms with Crippen LogP contribution in [-0.2, 0) is 20.4 Å². The van der Waals surface area contributed by atoms with Gasteiger partial charge in [-0.2, -0.15) is 13.2 Å². The first-order valence-electron chi connectivity index (χ1n) is 9.73.